The highest BCUT2D eigenvalue weighted by Gasteiger charge is 2.18. The van der Waals surface area contributed by atoms with Gasteiger partial charge in [0.05, 0.1) is 6.04 Å². The molecule has 0 bridgehead atoms. The monoisotopic (exact) mass is 282 g/mol. The van der Waals surface area contributed by atoms with E-state index in [1.54, 1.807) is 0 Å². The molecule has 2 atom stereocenters. The molecule has 0 spiro atoms. The van der Waals surface area contributed by atoms with E-state index in [4.69, 9.17) is 17.3 Å². The largest absolute Gasteiger partial charge is 0.355 e. The molecule has 0 radical (unpaired) electrons. The normalized spacial score (nSPS) is 13.9. The van der Waals surface area contributed by atoms with Crippen molar-refractivity contribution in [2.24, 2.45) is 11.7 Å². The Bertz CT molecular complexity index is 392. The molecule has 0 aliphatic heterocycles. The first-order valence-corrected chi connectivity index (χ1v) is 7.20. The molecule has 3 N–H and O–H groups in total. The number of halogens is 1. The molecule has 0 fully saturated rings. The molecule has 1 aromatic rings. The molecule has 0 aliphatic rings. The van der Waals surface area contributed by atoms with Crippen molar-refractivity contribution in [1.82, 2.24) is 5.32 Å². The Morgan fingerprint density at radius 2 is 2.00 bits per heavy atom. The Labute approximate surface area is 120 Å². The Hall–Kier alpha value is -1.06. The fourth-order valence-electron chi connectivity index (χ4n) is 1.79. The van der Waals surface area contributed by atoms with E-state index in [1.807, 2.05) is 38.1 Å². The maximum Gasteiger partial charge on any atom is 0.237 e. The minimum absolute atomic E-state index is 0.0505. The average Bonchev–Trinajstić information content (AvgIpc) is 2.43. The Morgan fingerprint density at radius 3 is 2.58 bits per heavy atom. The van der Waals surface area contributed by atoms with Gasteiger partial charge in [-0.05, 0) is 36.5 Å². The van der Waals surface area contributed by atoms with E-state index >= 15 is 0 Å². The first-order valence-electron chi connectivity index (χ1n) is 6.82. The van der Waals surface area contributed by atoms with E-state index in [9.17, 15) is 4.79 Å². The topological polar surface area (TPSA) is 55.1 Å². The number of carbonyl (C=O) groups is 1. The lowest BCUT2D eigenvalue weighted by molar-refractivity contribution is -0.123. The molecule has 0 heterocycles. The van der Waals surface area contributed by atoms with Crippen LogP contribution in [-0.2, 0) is 11.2 Å². The molecule has 0 aromatic heterocycles. The van der Waals surface area contributed by atoms with Crippen LogP contribution in [0.5, 0.6) is 0 Å². The van der Waals surface area contributed by atoms with Gasteiger partial charge in [0, 0.05) is 11.6 Å². The molecule has 2 unspecified atom stereocenters. The first-order chi connectivity index (χ1) is 9.04. The first kappa shape index (κ1) is 16.0. The molecule has 19 heavy (non-hydrogen) atoms. The van der Waals surface area contributed by atoms with Crippen LogP contribution in [0.2, 0.25) is 5.02 Å². The van der Waals surface area contributed by atoms with E-state index in [2.05, 4.69) is 5.32 Å². The van der Waals surface area contributed by atoms with Crippen LogP contribution >= 0.6 is 11.6 Å². The minimum Gasteiger partial charge on any atom is -0.355 e. The summed E-state index contributed by atoms with van der Waals surface area (Å²) in [4.78, 5) is 11.7. The van der Waals surface area contributed by atoms with Crippen LogP contribution in [0.25, 0.3) is 0 Å². The Balaban J connectivity index is 2.23. The van der Waals surface area contributed by atoms with E-state index in [1.165, 1.54) is 5.56 Å². The van der Waals surface area contributed by atoms with Gasteiger partial charge >= 0.3 is 0 Å². The van der Waals surface area contributed by atoms with Crippen molar-refractivity contribution in [2.75, 3.05) is 6.54 Å². The fourth-order valence-corrected chi connectivity index (χ4v) is 1.91. The third-order valence-corrected chi connectivity index (χ3v) is 3.67. The van der Waals surface area contributed by atoms with E-state index < -0.39 is 6.04 Å². The van der Waals surface area contributed by atoms with Crippen molar-refractivity contribution in [2.45, 2.75) is 39.2 Å². The van der Waals surface area contributed by atoms with Crippen molar-refractivity contribution < 1.29 is 4.79 Å². The van der Waals surface area contributed by atoms with Crippen molar-refractivity contribution in [3.05, 3.63) is 34.9 Å². The summed E-state index contributed by atoms with van der Waals surface area (Å²) in [6, 6.07) is 7.38. The smallest absolute Gasteiger partial charge is 0.237 e. The Kier molecular flexibility index (Phi) is 6.89. The van der Waals surface area contributed by atoms with Crippen molar-refractivity contribution in [3.63, 3.8) is 0 Å². The average molecular weight is 283 g/mol. The number of nitrogens with one attached hydrogen (secondary N) is 1. The van der Waals surface area contributed by atoms with Gasteiger partial charge in [-0.15, -0.1) is 0 Å². The van der Waals surface area contributed by atoms with Gasteiger partial charge in [0.2, 0.25) is 5.91 Å². The molecule has 1 rings (SSSR count). The zero-order valence-electron chi connectivity index (χ0n) is 11.7. The second kappa shape index (κ2) is 8.18. The molecule has 1 aromatic carbocycles. The number of hydrogen-bond donors (Lipinski definition) is 2. The molecule has 0 saturated carbocycles. The van der Waals surface area contributed by atoms with E-state index in [0.717, 1.165) is 24.3 Å². The molecule has 3 nitrogen and oxygen atoms in total. The van der Waals surface area contributed by atoms with Crippen LogP contribution in [-0.4, -0.2) is 18.5 Å². The van der Waals surface area contributed by atoms with Crippen LogP contribution in [0.15, 0.2) is 24.3 Å². The second-order valence-electron chi connectivity index (χ2n) is 4.93. The molecule has 0 saturated heterocycles. The predicted molar refractivity (Wildman–Crippen MR) is 80.2 cm³/mol. The highest BCUT2D eigenvalue weighted by Crippen LogP contribution is 2.10. The number of rotatable bonds is 7. The van der Waals surface area contributed by atoms with Gasteiger partial charge in [0.15, 0.2) is 0 Å². The third kappa shape index (κ3) is 5.62. The van der Waals surface area contributed by atoms with Crippen LogP contribution in [0.3, 0.4) is 0 Å². The van der Waals surface area contributed by atoms with Crippen LogP contribution in [0.4, 0.5) is 0 Å². The maximum atomic E-state index is 11.7. The predicted octanol–water partition coefficient (Wildman–Crippen LogP) is 2.76. The lowest BCUT2D eigenvalue weighted by Gasteiger charge is -2.17. The van der Waals surface area contributed by atoms with Crippen molar-refractivity contribution in [3.8, 4) is 0 Å². The summed E-state index contributed by atoms with van der Waals surface area (Å²) in [5.41, 5.74) is 7.08. The van der Waals surface area contributed by atoms with Crippen LogP contribution < -0.4 is 11.1 Å². The SMILES string of the molecule is CCC(C)C(N)C(=O)NCCCc1ccc(Cl)cc1. The van der Waals surface area contributed by atoms with Gasteiger partial charge in [-0.1, -0.05) is 44.0 Å². The number of benzene rings is 1. The molecule has 1 amide bonds. The summed E-state index contributed by atoms with van der Waals surface area (Å²) in [7, 11) is 0. The molecule has 4 heteroatoms. The lowest BCUT2D eigenvalue weighted by atomic mass is 9.99. The van der Waals surface area contributed by atoms with Gasteiger partial charge < -0.3 is 11.1 Å². The van der Waals surface area contributed by atoms with Crippen LogP contribution in [0.1, 0.15) is 32.3 Å². The minimum atomic E-state index is -0.402. The molecular weight excluding hydrogens is 260 g/mol. The van der Waals surface area contributed by atoms with Gasteiger partial charge in [-0.25, -0.2) is 0 Å². The van der Waals surface area contributed by atoms with E-state index in [-0.39, 0.29) is 11.8 Å². The molecule has 0 aliphatic carbocycles. The van der Waals surface area contributed by atoms with E-state index in [0.29, 0.717) is 6.54 Å². The van der Waals surface area contributed by atoms with Gasteiger partial charge in [0.25, 0.3) is 0 Å². The quantitative estimate of drug-likeness (QED) is 0.756. The summed E-state index contributed by atoms with van der Waals surface area (Å²) < 4.78 is 0. The Morgan fingerprint density at radius 1 is 1.37 bits per heavy atom. The number of hydrogen-bond acceptors (Lipinski definition) is 2. The summed E-state index contributed by atoms with van der Waals surface area (Å²) in [5.74, 6) is 0.168. The standard InChI is InChI=1S/C15H23ClN2O/c1-3-11(2)14(17)15(19)18-10-4-5-12-6-8-13(16)9-7-12/h6-9,11,14H,3-5,10,17H2,1-2H3,(H,18,19). The zero-order valence-corrected chi connectivity index (χ0v) is 12.4. The number of nitrogens with two attached hydrogens (primary N) is 1. The summed E-state index contributed by atoms with van der Waals surface area (Å²) in [6.07, 6.45) is 2.75. The number of carbonyl (C=O) groups excluding carboxylic acids is 1. The summed E-state index contributed by atoms with van der Waals surface area (Å²) >= 11 is 5.82. The highest BCUT2D eigenvalue weighted by atomic mass is 35.5. The van der Waals surface area contributed by atoms with Crippen molar-refractivity contribution in [1.29, 1.82) is 0 Å². The maximum absolute atomic E-state index is 11.7. The second-order valence-corrected chi connectivity index (χ2v) is 5.37. The summed E-state index contributed by atoms with van der Waals surface area (Å²) in [6.45, 7) is 4.70. The highest BCUT2D eigenvalue weighted by molar-refractivity contribution is 6.30. The number of aryl methyl sites for hydroxylation is 1. The molecule has 106 valence electrons. The van der Waals surface area contributed by atoms with Gasteiger partial charge in [-0.3, -0.25) is 4.79 Å². The zero-order chi connectivity index (χ0) is 14.3. The van der Waals surface area contributed by atoms with Crippen LogP contribution in [0, 0.1) is 5.92 Å². The third-order valence-electron chi connectivity index (χ3n) is 3.41. The van der Waals surface area contributed by atoms with Gasteiger partial charge in [-0.2, -0.15) is 0 Å². The number of amides is 1. The summed E-state index contributed by atoms with van der Waals surface area (Å²) in [5, 5.41) is 3.64. The fraction of sp³-hybridized carbons (Fsp3) is 0.533. The lowest BCUT2D eigenvalue weighted by Crippen LogP contribution is -2.44. The van der Waals surface area contributed by atoms with Gasteiger partial charge in [0.1, 0.15) is 0 Å². The van der Waals surface area contributed by atoms with Crippen molar-refractivity contribution >= 4 is 17.5 Å². The molecular formula is C15H23ClN2O.